The average molecular weight is 665 g/mol. The third kappa shape index (κ3) is 6.08. The molecule has 0 radical (unpaired) electrons. The van der Waals surface area contributed by atoms with Crippen molar-refractivity contribution in [3.8, 4) is 27.9 Å². The summed E-state index contributed by atoms with van der Waals surface area (Å²) in [6.45, 7) is 0. The molecule has 0 aliphatic rings. The molecule has 9 rings (SSSR count). The Balaban J connectivity index is 1.16. The van der Waals surface area contributed by atoms with Crippen LogP contribution in [0.25, 0.3) is 61.9 Å². The van der Waals surface area contributed by atoms with Crippen LogP contribution in [-0.2, 0) is 0 Å². The molecule has 0 atom stereocenters. The van der Waals surface area contributed by atoms with Gasteiger partial charge in [0, 0.05) is 33.5 Å². The lowest BCUT2D eigenvalue weighted by atomic mass is 9.99. The van der Waals surface area contributed by atoms with Gasteiger partial charge in [0.05, 0.1) is 11.0 Å². The monoisotopic (exact) mass is 664 g/mol. The zero-order chi connectivity index (χ0) is 34.7. The van der Waals surface area contributed by atoms with Crippen molar-refractivity contribution in [3.05, 3.63) is 217 Å². The number of nitrogens with zero attached hydrogens (tertiary/aromatic N) is 2. The van der Waals surface area contributed by atoms with Gasteiger partial charge in [0.25, 0.3) is 0 Å². The number of hydrogen-bond donors (Lipinski definition) is 0. The average Bonchev–Trinajstić information content (AvgIpc) is 3.55. The fourth-order valence-corrected chi connectivity index (χ4v) is 7.19. The van der Waals surface area contributed by atoms with Crippen LogP contribution in [0.1, 0.15) is 11.1 Å². The van der Waals surface area contributed by atoms with E-state index in [1.54, 1.807) is 0 Å². The predicted molar refractivity (Wildman–Crippen MR) is 222 cm³/mol. The molecule has 0 amide bonds. The van der Waals surface area contributed by atoms with Gasteiger partial charge in [-0.25, -0.2) is 0 Å². The quantitative estimate of drug-likeness (QED) is 0.147. The van der Waals surface area contributed by atoms with Gasteiger partial charge in [-0.1, -0.05) is 152 Å². The third-order valence-corrected chi connectivity index (χ3v) is 9.78. The van der Waals surface area contributed by atoms with E-state index in [-0.39, 0.29) is 0 Å². The Morgan fingerprint density at radius 2 is 0.769 bits per heavy atom. The molecule has 9 aromatic rings. The standard InChI is InChI=1S/C50H36N2/c1-5-13-37(14-6-1)21-22-38-23-30-45(31-24-38)51(43-17-9-3-10-18-43)46-32-34-50-48(36-46)47-35-42(29-33-49(47)52(50)44-19-11-4-12-20-44)41-27-25-40(26-28-41)39-15-7-2-8-16-39/h1-36H. The van der Waals surface area contributed by atoms with Crippen molar-refractivity contribution in [3.63, 3.8) is 0 Å². The third-order valence-electron chi connectivity index (χ3n) is 9.78. The molecular formula is C50H36N2. The van der Waals surface area contributed by atoms with Gasteiger partial charge in [-0.2, -0.15) is 0 Å². The summed E-state index contributed by atoms with van der Waals surface area (Å²) >= 11 is 0. The van der Waals surface area contributed by atoms with E-state index >= 15 is 0 Å². The number of fused-ring (bicyclic) bond motifs is 3. The Morgan fingerprint density at radius 1 is 0.327 bits per heavy atom. The smallest absolute Gasteiger partial charge is 0.0542 e. The molecule has 0 N–H and O–H groups in total. The van der Waals surface area contributed by atoms with E-state index in [9.17, 15) is 0 Å². The summed E-state index contributed by atoms with van der Waals surface area (Å²) < 4.78 is 2.39. The highest BCUT2D eigenvalue weighted by Crippen LogP contribution is 2.41. The Kier molecular flexibility index (Phi) is 8.24. The van der Waals surface area contributed by atoms with E-state index in [1.165, 1.54) is 49.6 Å². The zero-order valence-corrected chi connectivity index (χ0v) is 28.7. The van der Waals surface area contributed by atoms with Crippen LogP contribution in [0.2, 0.25) is 0 Å². The summed E-state index contributed by atoms with van der Waals surface area (Å²) in [5, 5.41) is 2.43. The van der Waals surface area contributed by atoms with Crippen molar-refractivity contribution in [1.29, 1.82) is 0 Å². The summed E-state index contributed by atoms with van der Waals surface area (Å²) in [7, 11) is 0. The second kappa shape index (κ2) is 13.8. The lowest BCUT2D eigenvalue weighted by Crippen LogP contribution is -2.09. The van der Waals surface area contributed by atoms with E-state index in [0.29, 0.717) is 0 Å². The van der Waals surface area contributed by atoms with Crippen LogP contribution in [0, 0.1) is 0 Å². The van der Waals surface area contributed by atoms with Crippen LogP contribution < -0.4 is 4.90 Å². The van der Waals surface area contributed by atoms with Crippen LogP contribution in [0.5, 0.6) is 0 Å². The van der Waals surface area contributed by atoms with Crippen molar-refractivity contribution in [2.75, 3.05) is 4.90 Å². The highest BCUT2D eigenvalue weighted by molar-refractivity contribution is 6.12. The van der Waals surface area contributed by atoms with Crippen molar-refractivity contribution >= 4 is 51.0 Å². The molecule has 2 nitrogen and oxygen atoms in total. The first-order valence-electron chi connectivity index (χ1n) is 17.8. The van der Waals surface area contributed by atoms with Gasteiger partial charge in [0.2, 0.25) is 0 Å². The molecule has 0 spiro atoms. The summed E-state index contributed by atoms with van der Waals surface area (Å²) in [6.07, 6.45) is 4.33. The first kappa shape index (κ1) is 31.1. The zero-order valence-electron chi connectivity index (χ0n) is 28.7. The van der Waals surface area contributed by atoms with E-state index in [4.69, 9.17) is 0 Å². The van der Waals surface area contributed by atoms with Crippen molar-refractivity contribution < 1.29 is 0 Å². The van der Waals surface area contributed by atoms with Gasteiger partial charge in [-0.3, -0.25) is 0 Å². The minimum absolute atomic E-state index is 1.11. The molecule has 1 aromatic heterocycles. The minimum Gasteiger partial charge on any atom is -0.310 e. The molecular weight excluding hydrogens is 629 g/mol. The van der Waals surface area contributed by atoms with Crippen LogP contribution in [0.3, 0.4) is 0 Å². The van der Waals surface area contributed by atoms with Gasteiger partial charge in [0.1, 0.15) is 0 Å². The van der Waals surface area contributed by atoms with E-state index in [2.05, 4.69) is 222 Å². The number of para-hydroxylation sites is 2. The molecule has 0 aliphatic heterocycles. The summed E-state index contributed by atoms with van der Waals surface area (Å²) in [5.41, 5.74) is 14.0. The summed E-state index contributed by atoms with van der Waals surface area (Å²) in [5.74, 6) is 0. The number of benzene rings is 8. The molecule has 0 saturated carbocycles. The molecule has 8 aromatic carbocycles. The maximum Gasteiger partial charge on any atom is 0.0542 e. The topological polar surface area (TPSA) is 8.17 Å². The number of anilines is 3. The Hall–Kier alpha value is -6.90. The molecule has 0 fully saturated rings. The lowest BCUT2D eigenvalue weighted by Gasteiger charge is -2.25. The molecule has 0 saturated heterocycles. The Bertz CT molecular complexity index is 2620. The maximum atomic E-state index is 2.39. The Labute approximate surface area is 304 Å². The van der Waals surface area contributed by atoms with Gasteiger partial charge in [0.15, 0.2) is 0 Å². The highest BCUT2D eigenvalue weighted by Gasteiger charge is 2.18. The number of aromatic nitrogens is 1. The van der Waals surface area contributed by atoms with Crippen LogP contribution >= 0.6 is 0 Å². The first-order chi connectivity index (χ1) is 25.8. The number of rotatable bonds is 8. The van der Waals surface area contributed by atoms with Crippen LogP contribution in [0.15, 0.2) is 206 Å². The fourth-order valence-electron chi connectivity index (χ4n) is 7.19. The van der Waals surface area contributed by atoms with Crippen molar-refractivity contribution in [2.24, 2.45) is 0 Å². The van der Waals surface area contributed by atoms with E-state index < -0.39 is 0 Å². The number of hydrogen-bond acceptors (Lipinski definition) is 1. The van der Waals surface area contributed by atoms with Crippen molar-refractivity contribution in [1.82, 2.24) is 4.57 Å². The molecule has 0 aliphatic carbocycles. The highest BCUT2D eigenvalue weighted by atomic mass is 15.1. The van der Waals surface area contributed by atoms with Gasteiger partial charge in [-0.05, 0) is 100 Å². The minimum atomic E-state index is 1.11. The van der Waals surface area contributed by atoms with Crippen LogP contribution in [0.4, 0.5) is 17.1 Å². The van der Waals surface area contributed by atoms with Gasteiger partial charge < -0.3 is 9.47 Å². The maximum absolute atomic E-state index is 2.39. The normalized spacial score (nSPS) is 11.4. The second-order valence-corrected chi connectivity index (χ2v) is 13.1. The second-order valence-electron chi connectivity index (χ2n) is 13.1. The summed E-state index contributed by atoms with van der Waals surface area (Å²) in [4.78, 5) is 2.35. The van der Waals surface area contributed by atoms with E-state index in [1.807, 2.05) is 6.07 Å². The molecule has 52 heavy (non-hydrogen) atoms. The predicted octanol–water partition coefficient (Wildman–Crippen LogP) is 13.8. The SMILES string of the molecule is C(=Cc1ccc(N(c2ccccc2)c2ccc3c(c2)c2cc(-c4ccc(-c5ccccc5)cc4)ccc2n3-c2ccccc2)cc1)c1ccccc1. The molecule has 0 bridgehead atoms. The van der Waals surface area contributed by atoms with Crippen molar-refractivity contribution in [2.45, 2.75) is 0 Å². The first-order valence-corrected chi connectivity index (χ1v) is 17.8. The molecule has 0 unspecified atom stereocenters. The van der Waals surface area contributed by atoms with Crippen LogP contribution in [-0.4, -0.2) is 4.57 Å². The Morgan fingerprint density at radius 3 is 1.42 bits per heavy atom. The van der Waals surface area contributed by atoms with Gasteiger partial charge >= 0.3 is 0 Å². The molecule has 246 valence electrons. The lowest BCUT2D eigenvalue weighted by molar-refractivity contribution is 1.18. The van der Waals surface area contributed by atoms with E-state index in [0.717, 1.165) is 28.3 Å². The molecule has 1 heterocycles. The largest absolute Gasteiger partial charge is 0.310 e. The fraction of sp³-hybridized carbons (Fsp3) is 0. The van der Waals surface area contributed by atoms with Gasteiger partial charge in [-0.15, -0.1) is 0 Å². The molecule has 2 heteroatoms. The summed E-state index contributed by atoms with van der Waals surface area (Å²) in [6, 6.07) is 73.8.